The van der Waals surface area contributed by atoms with Crippen molar-refractivity contribution in [2.24, 2.45) is 0 Å². The molecule has 3 nitrogen and oxygen atoms in total. The monoisotopic (exact) mass is 275 g/mol. The second-order valence-electron chi connectivity index (χ2n) is 3.96. The molecule has 2 aromatic heterocycles. The molecule has 0 atom stereocenters. The largest absolute Gasteiger partial charge is 0.316 e. The topological polar surface area (TPSA) is 37.8 Å². The smallest absolute Gasteiger partial charge is 0.189 e. The molecule has 1 aromatic carbocycles. The molecule has 0 bridgehead atoms. The van der Waals surface area contributed by atoms with E-state index in [2.05, 4.69) is 21.4 Å². The molecule has 2 heterocycles. The zero-order valence-corrected chi connectivity index (χ0v) is 11.2. The summed E-state index contributed by atoms with van der Waals surface area (Å²) >= 11 is 7.53. The van der Waals surface area contributed by atoms with E-state index in [1.54, 1.807) is 11.3 Å². The van der Waals surface area contributed by atoms with Crippen molar-refractivity contribution in [3.8, 4) is 0 Å². The molecule has 3 aromatic rings. The van der Waals surface area contributed by atoms with Crippen LogP contribution in [-0.2, 0) is 0 Å². The Bertz CT molecular complexity index is 655. The van der Waals surface area contributed by atoms with Gasteiger partial charge in [-0.15, -0.1) is 0 Å². The van der Waals surface area contributed by atoms with Crippen LogP contribution in [0.1, 0.15) is 5.56 Å². The van der Waals surface area contributed by atoms with E-state index in [1.807, 2.05) is 37.3 Å². The number of thiazole rings is 1. The Balaban J connectivity index is 1.96. The van der Waals surface area contributed by atoms with Gasteiger partial charge in [0.2, 0.25) is 0 Å². The van der Waals surface area contributed by atoms with Crippen molar-refractivity contribution in [1.82, 2.24) is 9.97 Å². The SMILES string of the molecule is Cc1cc(Cl)nc(Nc2nc3ccccc3s2)c1. The summed E-state index contributed by atoms with van der Waals surface area (Å²) < 4.78 is 1.15. The molecule has 0 aliphatic rings. The summed E-state index contributed by atoms with van der Waals surface area (Å²) in [4.78, 5) is 8.71. The third kappa shape index (κ3) is 2.30. The second-order valence-corrected chi connectivity index (χ2v) is 5.38. The third-order valence-electron chi connectivity index (χ3n) is 2.47. The normalized spacial score (nSPS) is 10.8. The number of halogens is 1. The van der Waals surface area contributed by atoms with Crippen LogP contribution in [0.3, 0.4) is 0 Å². The van der Waals surface area contributed by atoms with Crippen molar-refractivity contribution < 1.29 is 0 Å². The Hall–Kier alpha value is -1.65. The van der Waals surface area contributed by atoms with Gasteiger partial charge in [-0.1, -0.05) is 35.1 Å². The third-order valence-corrected chi connectivity index (χ3v) is 3.61. The maximum Gasteiger partial charge on any atom is 0.189 e. The van der Waals surface area contributed by atoms with E-state index in [-0.39, 0.29) is 0 Å². The van der Waals surface area contributed by atoms with Crippen molar-refractivity contribution in [1.29, 1.82) is 0 Å². The van der Waals surface area contributed by atoms with Crippen molar-refractivity contribution in [2.45, 2.75) is 6.92 Å². The molecule has 18 heavy (non-hydrogen) atoms. The lowest BCUT2D eigenvalue weighted by molar-refractivity contribution is 1.27. The first kappa shape index (κ1) is 11.4. The Morgan fingerprint density at radius 2 is 2.00 bits per heavy atom. The van der Waals surface area contributed by atoms with E-state index in [1.165, 1.54) is 0 Å². The van der Waals surface area contributed by atoms with Crippen LogP contribution in [0, 0.1) is 6.92 Å². The summed E-state index contributed by atoms with van der Waals surface area (Å²) in [7, 11) is 0. The number of fused-ring (bicyclic) bond motifs is 1. The van der Waals surface area contributed by atoms with Gasteiger partial charge >= 0.3 is 0 Å². The van der Waals surface area contributed by atoms with Crippen LogP contribution in [-0.4, -0.2) is 9.97 Å². The summed E-state index contributed by atoms with van der Waals surface area (Å²) in [5.41, 5.74) is 2.06. The number of hydrogen-bond acceptors (Lipinski definition) is 4. The maximum atomic E-state index is 5.93. The minimum absolute atomic E-state index is 0.485. The van der Waals surface area contributed by atoms with Crippen LogP contribution in [0.2, 0.25) is 5.15 Å². The highest BCUT2D eigenvalue weighted by Gasteiger charge is 2.05. The maximum absolute atomic E-state index is 5.93. The molecule has 0 saturated carbocycles. The number of anilines is 2. The zero-order chi connectivity index (χ0) is 12.5. The number of nitrogens with one attached hydrogen (secondary N) is 1. The number of nitrogens with zero attached hydrogens (tertiary/aromatic N) is 2. The minimum atomic E-state index is 0.485. The first-order valence-electron chi connectivity index (χ1n) is 5.47. The van der Waals surface area contributed by atoms with Crippen molar-refractivity contribution in [3.63, 3.8) is 0 Å². The molecule has 0 unspecified atom stereocenters. The molecular weight excluding hydrogens is 266 g/mol. The number of para-hydroxylation sites is 1. The van der Waals surface area contributed by atoms with Gasteiger partial charge < -0.3 is 5.32 Å². The Kier molecular flexibility index (Phi) is 2.89. The molecule has 0 saturated heterocycles. The number of hydrogen-bond donors (Lipinski definition) is 1. The molecule has 90 valence electrons. The fraction of sp³-hybridized carbons (Fsp3) is 0.0769. The fourth-order valence-electron chi connectivity index (χ4n) is 1.72. The van der Waals surface area contributed by atoms with E-state index in [4.69, 9.17) is 11.6 Å². The fourth-order valence-corrected chi connectivity index (χ4v) is 2.86. The first-order valence-corrected chi connectivity index (χ1v) is 6.67. The molecule has 0 fully saturated rings. The molecule has 1 N–H and O–H groups in total. The lowest BCUT2D eigenvalue weighted by Crippen LogP contribution is -1.93. The van der Waals surface area contributed by atoms with Gasteiger partial charge in [0.25, 0.3) is 0 Å². The van der Waals surface area contributed by atoms with Gasteiger partial charge in [-0.3, -0.25) is 0 Å². The predicted octanol–water partition coefficient (Wildman–Crippen LogP) is 4.40. The molecule has 3 rings (SSSR count). The highest BCUT2D eigenvalue weighted by atomic mass is 35.5. The van der Waals surface area contributed by atoms with E-state index < -0.39 is 0 Å². The van der Waals surface area contributed by atoms with E-state index >= 15 is 0 Å². The average molecular weight is 276 g/mol. The van der Waals surface area contributed by atoms with Crippen molar-refractivity contribution >= 4 is 44.1 Å². The summed E-state index contributed by atoms with van der Waals surface area (Å²) in [6.45, 7) is 1.98. The Labute approximate surface area is 113 Å². The van der Waals surface area contributed by atoms with Gasteiger partial charge in [0.05, 0.1) is 10.2 Å². The van der Waals surface area contributed by atoms with Gasteiger partial charge in [-0.25, -0.2) is 9.97 Å². The van der Waals surface area contributed by atoms with Gasteiger partial charge in [0, 0.05) is 0 Å². The van der Waals surface area contributed by atoms with Crippen molar-refractivity contribution in [3.05, 3.63) is 47.1 Å². The highest BCUT2D eigenvalue weighted by molar-refractivity contribution is 7.22. The predicted molar refractivity (Wildman–Crippen MR) is 76.9 cm³/mol. The van der Waals surface area contributed by atoms with Gasteiger partial charge in [0.15, 0.2) is 5.13 Å². The van der Waals surface area contributed by atoms with E-state index in [9.17, 15) is 0 Å². The van der Waals surface area contributed by atoms with E-state index in [0.717, 1.165) is 26.7 Å². The Morgan fingerprint density at radius 3 is 2.78 bits per heavy atom. The van der Waals surface area contributed by atoms with Crippen molar-refractivity contribution in [2.75, 3.05) is 5.32 Å². The molecular formula is C13H10ClN3S. The average Bonchev–Trinajstić information content (AvgIpc) is 2.69. The molecule has 0 radical (unpaired) electrons. The van der Waals surface area contributed by atoms with Crippen LogP contribution in [0.4, 0.5) is 10.9 Å². The number of rotatable bonds is 2. The van der Waals surface area contributed by atoms with E-state index in [0.29, 0.717) is 5.15 Å². The van der Waals surface area contributed by atoms with Gasteiger partial charge in [0.1, 0.15) is 11.0 Å². The molecule has 0 amide bonds. The molecule has 5 heteroatoms. The summed E-state index contributed by atoms with van der Waals surface area (Å²) in [5.74, 6) is 0.721. The highest BCUT2D eigenvalue weighted by Crippen LogP contribution is 2.28. The van der Waals surface area contributed by atoms with Crippen LogP contribution in [0.15, 0.2) is 36.4 Å². The van der Waals surface area contributed by atoms with Gasteiger partial charge in [-0.2, -0.15) is 0 Å². The zero-order valence-electron chi connectivity index (χ0n) is 9.64. The molecule has 0 spiro atoms. The summed E-state index contributed by atoms with van der Waals surface area (Å²) in [5, 5.41) is 4.50. The molecule has 0 aliphatic heterocycles. The number of benzene rings is 1. The van der Waals surface area contributed by atoms with Crippen LogP contribution >= 0.6 is 22.9 Å². The van der Waals surface area contributed by atoms with Gasteiger partial charge in [-0.05, 0) is 36.8 Å². The lowest BCUT2D eigenvalue weighted by Gasteiger charge is -2.03. The Morgan fingerprint density at radius 1 is 1.17 bits per heavy atom. The minimum Gasteiger partial charge on any atom is -0.316 e. The number of aryl methyl sites for hydroxylation is 1. The van der Waals surface area contributed by atoms with Crippen LogP contribution in [0.5, 0.6) is 0 Å². The lowest BCUT2D eigenvalue weighted by atomic mass is 10.3. The number of aromatic nitrogens is 2. The molecule has 0 aliphatic carbocycles. The quantitative estimate of drug-likeness (QED) is 0.705. The first-order chi connectivity index (χ1) is 8.70. The summed E-state index contributed by atoms with van der Waals surface area (Å²) in [6.07, 6.45) is 0. The van der Waals surface area contributed by atoms with Crippen LogP contribution < -0.4 is 5.32 Å². The van der Waals surface area contributed by atoms with Crippen LogP contribution in [0.25, 0.3) is 10.2 Å². The summed E-state index contributed by atoms with van der Waals surface area (Å²) in [6, 6.07) is 11.8. The number of pyridine rings is 1. The standard InChI is InChI=1S/C13H10ClN3S/c1-8-6-11(14)16-12(7-8)17-13-15-9-4-2-3-5-10(9)18-13/h2-7H,1H3,(H,15,16,17). The second kappa shape index (κ2) is 4.55.